The van der Waals surface area contributed by atoms with Crippen LogP contribution in [0, 0.1) is 17.0 Å². The Kier molecular flexibility index (Phi) is 4.36. The molecule has 0 aliphatic rings. The van der Waals surface area contributed by atoms with Gasteiger partial charge in [0.2, 0.25) is 5.91 Å². The summed E-state index contributed by atoms with van der Waals surface area (Å²) in [5.74, 6) is -1.59. The van der Waals surface area contributed by atoms with Gasteiger partial charge in [-0.3, -0.25) is 4.79 Å². The Morgan fingerprint density at radius 3 is 2.43 bits per heavy atom. The van der Waals surface area contributed by atoms with E-state index in [1.807, 2.05) is 30.3 Å². The van der Waals surface area contributed by atoms with E-state index < -0.39 is 17.0 Å². The summed E-state index contributed by atoms with van der Waals surface area (Å²) < 4.78 is 26.7. The third-order valence-electron chi connectivity index (χ3n) is 3.28. The Morgan fingerprint density at radius 1 is 1.10 bits per heavy atom. The van der Waals surface area contributed by atoms with E-state index in [9.17, 15) is 13.6 Å². The van der Waals surface area contributed by atoms with Crippen LogP contribution in [-0.2, 0) is 11.2 Å². The summed E-state index contributed by atoms with van der Waals surface area (Å²) in [5.41, 5.74) is 0.138. The first-order valence-corrected chi connectivity index (χ1v) is 6.69. The number of rotatable bonds is 4. The van der Waals surface area contributed by atoms with Gasteiger partial charge in [0.05, 0.1) is 5.69 Å². The molecular weight excluding hydrogens is 272 g/mol. The molecule has 0 saturated heterocycles. The van der Waals surface area contributed by atoms with E-state index >= 15 is 0 Å². The van der Waals surface area contributed by atoms with E-state index in [0.29, 0.717) is 6.42 Å². The number of amides is 1. The SMILES string of the molecule is CC(C)(Cc1ccccc1)C(=O)Nc1cc(F)ccc1F. The number of halogens is 2. The van der Waals surface area contributed by atoms with E-state index in [1.54, 1.807) is 13.8 Å². The molecule has 1 N–H and O–H groups in total. The van der Waals surface area contributed by atoms with Crippen LogP contribution in [0.25, 0.3) is 0 Å². The van der Waals surface area contributed by atoms with E-state index in [4.69, 9.17) is 0 Å². The molecule has 0 aromatic heterocycles. The molecule has 0 aliphatic carbocycles. The molecule has 0 heterocycles. The van der Waals surface area contributed by atoms with Gasteiger partial charge in [-0.2, -0.15) is 0 Å². The number of nitrogens with one attached hydrogen (secondary N) is 1. The highest BCUT2D eigenvalue weighted by atomic mass is 19.1. The van der Waals surface area contributed by atoms with Crippen molar-refractivity contribution in [2.45, 2.75) is 20.3 Å². The van der Waals surface area contributed by atoms with Gasteiger partial charge < -0.3 is 5.32 Å². The molecule has 2 nitrogen and oxygen atoms in total. The summed E-state index contributed by atoms with van der Waals surface area (Å²) in [4.78, 5) is 12.3. The molecule has 2 aromatic carbocycles. The van der Waals surface area contributed by atoms with Crippen molar-refractivity contribution in [2.24, 2.45) is 5.41 Å². The summed E-state index contributed by atoms with van der Waals surface area (Å²) in [6, 6.07) is 12.5. The highest BCUT2D eigenvalue weighted by molar-refractivity contribution is 5.95. The quantitative estimate of drug-likeness (QED) is 0.899. The molecule has 0 aliphatic heterocycles. The van der Waals surface area contributed by atoms with Gasteiger partial charge in [-0.1, -0.05) is 44.2 Å². The molecule has 2 aromatic rings. The first kappa shape index (κ1) is 15.2. The summed E-state index contributed by atoms with van der Waals surface area (Å²) >= 11 is 0. The molecule has 21 heavy (non-hydrogen) atoms. The largest absolute Gasteiger partial charge is 0.323 e. The van der Waals surface area contributed by atoms with Gasteiger partial charge in [0.1, 0.15) is 11.6 Å². The van der Waals surface area contributed by atoms with E-state index in [0.717, 1.165) is 23.8 Å². The second kappa shape index (κ2) is 6.04. The zero-order valence-corrected chi connectivity index (χ0v) is 12.0. The molecule has 1 amide bonds. The maximum atomic E-state index is 13.6. The van der Waals surface area contributed by atoms with E-state index in [2.05, 4.69) is 5.32 Å². The fraction of sp³-hybridized carbons (Fsp3) is 0.235. The predicted octanol–water partition coefficient (Wildman–Crippen LogP) is 4.17. The molecule has 0 saturated carbocycles. The molecule has 0 spiro atoms. The van der Waals surface area contributed by atoms with Gasteiger partial charge in [0.15, 0.2) is 0 Å². The van der Waals surface area contributed by atoms with Gasteiger partial charge in [-0.15, -0.1) is 0 Å². The Bertz CT molecular complexity index is 638. The van der Waals surface area contributed by atoms with Crippen LogP contribution in [-0.4, -0.2) is 5.91 Å². The lowest BCUT2D eigenvalue weighted by atomic mass is 9.84. The highest BCUT2D eigenvalue weighted by Gasteiger charge is 2.28. The van der Waals surface area contributed by atoms with Crippen LogP contribution >= 0.6 is 0 Å². The average molecular weight is 289 g/mol. The van der Waals surface area contributed by atoms with Crippen LogP contribution in [0.15, 0.2) is 48.5 Å². The summed E-state index contributed by atoms with van der Waals surface area (Å²) in [5, 5.41) is 2.46. The van der Waals surface area contributed by atoms with Crippen LogP contribution in [0.1, 0.15) is 19.4 Å². The Balaban J connectivity index is 2.13. The van der Waals surface area contributed by atoms with Crippen LogP contribution < -0.4 is 5.32 Å². The van der Waals surface area contributed by atoms with Crippen molar-refractivity contribution in [1.82, 2.24) is 0 Å². The van der Waals surface area contributed by atoms with Gasteiger partial charge in [0, 0.05) is 11.5 Å². The van der Waals surface area contributed by atoms with Crippen molar-refractivity contribution >= 4 is 11.6 Å². The van der Waals surface area contributed by atoms with E-state index in [1.165, 1.54) is 0 Å². The molecule has 0 radical (unpaired) electrons. The van der Waals surface area contributed by atoms with Gasteiger partial charge in [-0.05, 0) is 24.1 Å². The van der Waals surface area contributed by atoms with Gasteiger partial charge in [0.25, 0.3) is 0 Å². The fourth-order valence-electron chi connectivity index (χ4n) is 2.07. The molecule has 0 atom stereocenters. The Morgan fingerprint density at radius 2 is 1.76 bits per heavy atom. The fourth-order valence-corrected chi connectivity index (χ4v) is 2.07. The van der Waals surface area contributed by atoms with Crippen molar-refractivity contribution < 1.29 is 13.6 Å². The minimum Gasteiger partial charge on any atom is -0.323 e. The Hall–Kier alpha value is -2.23. The highest BCUT2D eigenvalue weighted by Crippen LogP contribution is 2.25. The first-order chi connectivity index (χ1) is 9.88. The minimum atomic E-state index is -0.736. The molecule has 0 unspecified atom stereocenters. The molecule has 0 fully saturated rings. The summed E-state index contributed by atoms with van der Waals surface area (Å²) in [6.45, 7) is 3.54. The van der Waals surface area contributed by atoms with Crippen molar-refractivity contribution in [3.63, 3.8) is 0 Å². The molecule has 110 valence electrons. The van der Waals surface area contributed by atoms with Crippen LogP contribution in [0.5, 0.6) is 0 Å². The number of benzene rings is 2. The molecule has 2 rings (SSSR count). The number of hydrogen-bond donors (Lipinski definition) is 1. The summed E-state index contributed by atoms with van der Waals surface area (Å²) in [6.07, 6.45) is 0.511. The lowest BCUT2D eigenvalue weighted by Gasteiger charge is -2.24. The monoisotopic (exact) mass is 289 g/mol. The standard InChI is InChI=1S/C17H17F2NO/c1-17(2,11-12-6-4-3-5-7-12)16(21)20-15-10-13(18)8-9-14(15)19/h3-10H,11H2,1-2H3,(H,20,21). The van der Waals surface area contributed by atoms with Gasteiger partial charge >= 0.3 is 0 Å². The lowest BCUT2D eigenvalue weighted by molar-refractivity contribution is -0.123. The smallest absolute Gasteiger partial charge is 0.230 e. The zero-order valence-electron chi connectivity index (χ0n) is 12.0. The maximum Gasteiger partial charge on any atom is 0.230 e. The average Bonchev–Trinajstić information content (AvgIpc) is 2.43. The number of anilines is 1. The van der Waals surface area contributed by atoms with Crippen molar-refractivity contribution in [2.75, 3.05) is 5.32 Å². The predicted molar refractivity (Wildman–Crippen MR) is 78.9 cm³/mol. The van der Waals surface area contributed by atoms with Crippen LogP contribution in [0.4, 0.5) is 14.5 Å². The summed E-state index contributed by atoms with van der Waals surface area (Å²) in [7, 11) is 0. The van der Waals surface area contributed by atoms with Crippen molar-refractivity contribution in [3.8, 4) is 0 Å². The first-order valence-electron chi connectivity index (χ1n) is 6.69. The van der Waals surface area contributed by atoms with E-state index in [-0.39, 0.29) is 11.6 Å². The topological polar surface area (TPSA) is 29.1 Å². The van der Waals surface area contributed by atoms with Crippen LogP contribution in [0.2, 0.25) is 0 Å². The zero-order chi connectivity index (χ0) is 15.5. The second-order valence-corrected chi connectivity index (χ2v) is 5.62. The normalized spacial score (nSPS) is 11.2. The Labute approximate surface area is 122 Å². The molecular formula is C17H17F2NO. The third-order valence-corrected chi connectivity index (χ3v) is 3.28. The molecule has 4 heteroatoms. The number of hydrogen-bond acceptors (Lipinski definition) is 1. The van der Waals surface area contributed by atoms with Crippen molar-refractivity contribution in [3.05, 3.63) is 65.7 Å². The van der Waals surface area contributed by atoms with Crippen molar-refractivity contribution in [1.29, 1.82) is 0 Å². The van der Waals surface area contributed by atoms with Gasteiger partial charge in [-0.25, -0.2) is 8.78 Å². The number of carbonyl (C=O) groups excluding carboxylic acids is 1. The third kappa shape index (κ3) is 3.88. The molecule has 0 bridgehead atoms. The maximum absolute atomic E-state index is 13.6. The minimum absolute atomic E-state index is 0.138. The second-order valence-electron chi connectivity index (χ2n) is 5.62. The number of carbonyl (C=O) groups is 1. The lowest BCUT2D eigenvalue weighted by Crippen LogP contribution is -2.33. The van der Waals surface area contributed by atoms with Crippen LogP contribution in [0.3, 0.4) is 0 Å².